The zero-order chi connectivity index (χ0) is 20.9. The lowest BCUT2D eigenvalue weighted by Gasteiger charge is -2.10. The number of hydrogen-bond acceptors (Lipinski definition) is 6. The summed E-state index contributed by atoms with van der Waals surface area (Å²) < 4.78 is 31.5. The molecule has 8 heteroatoms. The van der Waals surface area contributed by atoms with Gasteiger partial charge in [-0.15, -0.1) is 0 Å². The molecule has 0 spiro atoms. The number of sulfonamides is 1. The first kappa shape index (κ1) is 21.3. The number of esters is 1. The van der Waals surface area contributed by atoms with Crippen molar-refractivity contribution in [3.63, 3.8) is 0 Å². The van der Waals surface area contributed by atoms with Crippen LogP contribution < -0.4 is 4.72 Å². The van der Waals surface area contributed by atoms with Crippen LogP contribution in [-0.2, 0) is 19.6 Å². The number of ether oxygens (including phenoxy) is 1. The van der Waals surface area contributed by atoms with Crippen LogP contribution in [0.3, 0.4) is 0 Å². The molecule has 0 unspecified atom stereocenters. The maximum Gasteiger partial charge on any atom is 0.321 e. The summed E-state index contributed by atoms with van der Waals surface area (Å²) >= 11 is 0. The minimum Gasteiger partial charge on any atom is -0.456 e. The van der Waals surface area contributed by atoms with E-state index in [2.05, 4.69) is 4.72 Å². The van der Waals surface area contributed by atoms with Gasteiger partial charge in [0.2, 0.25) is 15.8 Å². The first-order chi connectivity index (χ1) is 13.2. The van der Waals surface area contributed by atoms with Gasteiger partial charge < -0.3 is 4.74 Å². The number of nitrogens with zero attached hydrogens (tertiary/aromatic N) is 1. The van der Waals surface area contributed by atoms with E-state index in [1.165, 1.54) is 24.3 Å². The zero-order valence-electron chi connectivity index (χ0n) is 15.8. The molecule has 2 aromatic carbocycles. The van der Waals surface area contributed by atoms with Crippen molar-refractivity contribution in [2.24, 2.45) is 0 Å². The fourth-order valence-corrected chi connectivity index (χ4v) is 3.69. The van der Waals surface area contributed by atoms with Crippen LogP contribution in [0.2, 0.25) is 0 Å². The highest BCUT2D eigenvalue weighted by Gasteiger charge is 2.20. The topological polar surface area (TPSA) is 113 Å². The summed E-state index contributed by atoms with van der Waals surface area (Å²) in [6.45, 7) is 4.47. The number of carbonyl (C=O) groups is 2. The van der Waals surface area contributed by atoms with E-state index < -0.39 is 29.1 Å². The lowest BCUT2D eigenvalue weighted by atomic mass is 9.98. The van der Waals surface area contributed by atoms with Crippen LogP contribution >= 0.6 is 0 Å². The molecule has 2 rings (SSSR count). The van der Waals surface area contributed by atoms with Crippen molar-refractivity contribution in [2.45, 2.75) is 25.7 Å². The van der Waals surface area contributed by atoms with Gasteiger partial charge in [-0.25, -0.2) is 8.42 Å². The highest BCUT2D eigenvalue weighted by molar-refractivity contribution is 7.89. The molecule has 0 heterocycles. The van der Waals surface area contributed by atoms with Crippen LogP contribution in [-0.4, -0.2) is 33.3 Å². The fourth-order valence-electron chi connectivity index (χ4n) is 2.56. The van der Waals surface area contributed by atoms with E-state index in [0.29, 0.717) is 5.56 Å². The third-order valence-electron chi connectivity index (χ3n) is 4.21. The van der Waals surface area contributed by atoms with Gasteiger partial charge in [-0.05, 0) is 55.7 Å². The van der Waals surface area contributed by atoms with E-state index in [-0.39, 0.29) is 16.2 Å². The first-order valence-electron chi connectivity index (χ1n) is 8.41. The van der Waals surface area contributed by atoms with Gasteiger partial charge in [-0.2, -0.15) is 9.98 Å². The Bertz CT molecular complexity index is 1070. The smallest absolute Gasteiger partial charge is 0.321 e. The molecule has 146 valence electrons. The Labute approximate surface area is 164 Å². The van der Waals surface area contributed by atoms with Crippen LogP contribution in [0.5, 0.6) is 0 Å². The van der Waals surface area contributed by atoms with Crippen molar-refractivity contribution >= 4 is 21.8 Å². The zero-order valence-corrected chi connectivity index (χ0v) is 16.6. The van der Waals surface area contributed by atoms with Crippen molar-refractivity contribution in [1.29, 1.82) is 5.26 Å². The third-order valence-corrected chi connectivity index (χ3v) is 5.67. The number of nitrogens with one attached hydrogen (secondary N) is 1. The molecule has 7 nitrogen and oxygen atoms in total. The summed E-state index contributed by atoms with van der Waals surface area (Å²) in [5.41, 5.74) is 3.20. The van der Waals surface area contributed by atoms with Crippen LogP contribution in [0, 0.1) is 32.1 Å². The number of hydrogen-bond donors (Lipinski definition) is 1. The van der Waals surface area contributed by atoms with Gasteiger partial charge in [0.1, 0.15) is 12.6 Å². The second kappa shape index (κ2) is 8.78. The molecule has 0 atom stereocenters. The van der Waals surface area contributed by atoms with E-state index in [9.17, 15) is 18.0 Å². The number of carbonyl (C=O) groups excluding carboxylic acids is 2. The summed E-state index contributed by atoms with van der Waals surface area (Å²) in [4.78, 5) is 23.9. The summed E-state index contributed by atoms with van der Waals surface area (Å²) in [7, 11) is -4.06. The third kappa shape index (κ3) is 5.03. The predicted molar refractivity (Wildman–Crippen MR) is 102 cm³/mol. The Morgan fingerprint density at radius 2 is 1.71 bits per heavy atom. The average molecular weight is 400 g/mol. The normalized spacial score (nSPS) is 10.9. The van der Waals surface area contributed by atoms with Gasteiger partial charge in [0, 0.05) is 5.56 Å². The molecular formula is C20H20N2O5S. The fraction of sp³-hybridized carbons (Fsp3) is 0.250. The molecule has 28 heavy (non-hydrogen) atoms. The molecule has 0 aliphatic rings. The predicted octanol–water partition coefficient (Wildman–Crippen LogP) is 2.19. The molecule has 0 aliphatic heterocycles. The van der Waals surface area contributed by atoms with E-state index in [0.717, 1.165) is 16.7 Å². The molecule has 0 fully saturated rings. The SMILES string of the molecule is Cc1cc(C)c(C(=O)COC(=O)CNS(=O)(=O)c2ccccc2C#N)cc1C. The van der Waals surface area contributed by atoms with E-state index in [1.807, 2.05) is 19.9 Å². The maximum atomic E-state index is 12.3. The standard InChI is InChI=1S/C20H20N2O5S/c1-13-8-15(3)17(9-14(13)2)18(23)12-27-20(24)11-22-28(25,26)19-7-5-4-6-16(19)10-21/h4-9,22H,11-12H2,1-3H3. The summed E-state index contributed by atoms with van der Waals surface area (Å²) in [6.07, 6.45) is 0. The first-order valence-corrected chi connectivity index (χ1v) is 9.89. The Hall–Kier alpha value is -3.02. The van der Waals surface area contributed by atoms with Crippen LogP contribution in [0.15, 0.2) is 41.3 Å². The number of nitriles is 1. The van der Waals surface area contributed by atoms with E-state index >= 15 is 0 Å². The minimum absolute atomic E-state index is 0.0382. The molecule has 0 saturated heterocycles. The van der Waals surface area contributed by atoms with Gasteiger partial charge in [0.05, 0.1) is 10.5 Å². The highest BCUT2D eigenvalue weighted by Crippen LogP contribution is 2.16. The quantitative estimate of drug-likeness (QED) is 0.563. The summed E-state index contributed by atoms with van der Waals surface area (Å²) in [6, 6.07) is 11.0. The molecule has 0 saturated carbocycles. The Balaban J connectivity index is 1.97. The molecule has 0 aromatic heterocycles. The van der Waals surface area contributed by atoms with Crippen molar-refractivity contribution in [2.75, 3.05) is 13.2 Å². The van der Waals surface area contributed by atoms with Gasteiger partial charge in [-0.1, -0.05) is 18.2 Å². The van der Waals surface area contributed by atoms with Gasteiger partial charge >= 0.3 is 5.97 Å². The Morgan fingerprint density at radius 1 is 1.07 bits per heavy atom. The Morgan fingerprint density at radius 3 is 2.39 bits per heavy atom. The number of Topliss-reactive ketones (excluding diaryl/α,β-unsaturated/α-hetero) is 1. The molecule has 1 N–H and O–H groups in total. The highest BCUT2D eigenvalue weighted by atomic mass is 32.2. The van der Waals surface area contributed by atoms with Gasteiger partial charge in [-0.3, -0.25) is 9.59 Å². The molecular weight excluding hydrogens is 380 g/mol. The monoisotopic (exact) mass is 400 g/mol. The van der Waals surface area contributed by atoms with Crippen molar-refractivity contribution in [1.82, 2.24) is 4.72 Å². The molecule has 2 aromatic rings. The lowest BCUT2D eigenvalue weighted by Crippen LogP contribution is -2.32. The maximum absolute atomic E-state index is 12.3. The van der Waals surface area contributed by atoms with E-state index in [1.54, 1.807) is 19.1 Å². The van der Waals surface area contributed by atoms with Crippen LogP contribution in [0.4, 0.5) is 0 Å². The van der Waals surface area contributed by atoms with Crippen LogP contribution in [0.25, 0.3) is 0 Å². The minimum atomic E-state index is -4.06. The van der Waals surface area contributed by atoms with Crippen molar-refractivity contribution in [3.8, 4) is 6.07 Å². The summed E-state index contributed by atoms with van der Waals surface area (Å²) in [5.74, 6) is -1.26. The molecule has 0 amide bonds. The van der Waals surface area contributed by atoms with Crippen molar-refractivity contribution < 1.29 is 22.7 Å². The number of ketones is 1. The van der Waals surface area contributed by atoms with E-state index in [4.69, 9.17) is 10.00 Å². The molecule has 0 aliphatic carbocycles. The molecule has 0 radical (unpaired) electrons. The number of benzene rings is 2. The molecule has 0 bridgehead atoms. The van der Waals surface area contributed by atoms with Crippen LogP contribution in [0.1, 0.15) is 32.6 Å². The largest absolute Gasteiger partial charge is 0.456 e. The van der Waals surface area contributed by atoms with Gasteiger partial charge in [0.15, 0.2) is 6.61 Å². The lowest BCUT2D eigenvalue weighted by molar-refractivity contribution is -0.141. The number of rotatable bonds is 7. The number of aryl methyl sites for hydroxylation is 3. The second-order valence-corrected chi connectivity index (χ2v) is 8.00. The van der Waals surface area contributed by atoms with Gasteiger partial charge in [0.25, 0.3) is 0 Å². The Kier molecular flexibility index (Phi) is 6.67. The second-order valence-electron chi connectivity index (χ2n) is 6.27. The summed E-state index contributed by atoms with van der Waals surface area (Å²) in [5, 5.41) is 9.00. The average Bonchev–Trinajstić information content (AvgIpc) is 2.67. The van der Waals surface area contributed by atoms with Crippen molar-refractivity contribution in [3.05, 3.63) is 64.2 Å².